The van der Waals surface area contributed by atoms with Crippen LogP contribution in [0.4, 0.5) is 14.5 Å². The molecule has 0 saturated heterocycles. The average Bonchev–Trinajstić information content (AvgIpc) is 2.46. The Morgan fingerprint density at radius 3 is 2.11 bits per heavy atom. The van der Waals surface area contributed by atoms with Gasteiger partial charge >= 0.3 is 0 Å². The number of hydrogen-bond acceptors (Lipinski definition) is 2. The van der Waals surface area contributed by atoms with Crippen molar-refractivity contribution in [2.75, 3.05) is 12.4 Å². The number of nitrogens with one attached hydrogen (secondary N) is 1. The van der Waals surface area contributed by atoms with Crippen LogP contribution >= 0.6 is 0 Å². The smallest absolute Gasteiger partial charge is 0.262 e. The van der Waals surface area contributed by atoms with Crippen LogP contribution in [0.1, 0.15) is 11.6 Å². The minimum Gasteiger partial charge on any atom is -0.497 e. The molecule has 2 aromatic carbocycles. The first-order valence-electron chi connectivity index (χ1n) is 5.94. The molecule has 100 valence electrons. The molecule has 0 saturated carbocycles. The van der Waals surface area contributed by atoms with Crippen molar-refractivity contribution < 1.29 is 13.5 Å². The summed E-state index contributed by atoms with van der Waals surface area (Å²) < 4.78 is 31.3. The van der Waals surface area contributed by atoms with Crippen LogP contribution in [0.5, 0.6) is 5.75 Å². The van der Waals surface area contributed by atoms with Crippen LogP contribution < -0.4 is 10.1 Å². The Morgan fingerprint density at radius 2 is 1.58 bits per heavy atom. The second-order valence-corrected chi connectivity index (χ2v) is 4.10. The highest BCUT2D eigenvalue weighted by Gasteiger charge is 2.21. The van der Waals surface area contributed by atoms with E-state index >= 15 is 0 Å². The van der Waals surface area contributed by atoms with E-state index in [9.17, 15) is 8.78 Å². The van der Waals surface area contributed by atoms with Crippen molar-refractivity contribution in [3.05, 3.63) is 60.2 Å². The molecule has 0 amide bonds. The lowest BCUT2D eigenvalue weighted by molar-refractivity contribution is 0.124. The van der Waals surface area contributed by atoms with Crippen LogP contribution in [-0.4, -0.2) is 13.5 Å². The first-order chi connectivity index (χ1) is 9.20. The summed E-state index contributed by atoms with van der Waals surface area (Å²) in [7, 11) is 1.56. The van der Waals surface area contributed by atoms with Crippen LogP contribution in [0.15, 0.2) is 54.6 Å². The molecule has 0 fully saturated rings. The Balaban J connectivity index is 2.17. The number of halogens is 2. The number of hydrogen-bond donors (Lipinski definition) is 1. The molecule has 2 nitrogen and oxygen atoms in total. The van der Waals surface area contributed by atoms with E-state index < -0.39 is 12.5 Å². The summed E-state index contributed by atoms with van der Waals surface area (Å²) >= 11 is 0. The van der Waals surface area contributed by atoms with Gasteiger partial charge in [0.1, 0.15) is 11.8 Å². The third-order valence-corrected chi connectivity index (χ3v) is 2.82. The van der Waals surface area contributed by atoms with Gasteiger partial charge < -0.3 is 10.1 Å². The summed E-state index contributed by atoms with van der Waals surface area (Å²) in [6.45, 7) is 0. The van der Waals surface area contributed by atoms with Gasteiger partial charge in [-0.05, 0) is 29.8 Å². The van der Waals surface area contributed by atoms with Crippen molar-refractivity contribution in [1.29, 1.82) is 0 Å². The number of ether oxygens (including phenoxy) is 1. The summed E-state index contributed by atoms with van der Waals surface area (Å²) in [5, 5.41) is 2.84. The highest BCUT2D eigenvalue weighted by atomic mass is 19.3. The van der Waals surface area contributed by atoms with Gasteiger partial charge in [-0.3, -0.25) is 0 Å². The number of anilines is 1. The van der Waals surface area contributed by atoms with Gasteiger partial charge in [-0.15, -0.1) is 0 Å². The minimum atomic E-state index is -2.48. The summed E-state index contributed by atoms with van der Waals surface area (Å²) in [5.74, 6) is 0.693. The highest BCUT2D eigenvalue weighted by molar-refractivity contribution is 5.48. The molecule has 19 heavy (non-hydrogen) atoms. The molecule has 2 rings (SSSR count). The fourth-order valence-corrected chi connectivity index (χ4v) is 1.82. The standard InChI is InChI=1S/C15H15F2NO/c1-19-13-9-7-12(8-10-13)18-14(15(16)17)11-5-3-2-4-6-11/h2-10,14-15,18H,1H3/t14-/m0/s1. The summed E-state index contributed by atoms with van der Waals surface area (Å²) in [4.78, 5) is 0. The molecule has 0 heterocycles. The molecular formula is C15H15F2NO. The Labute approximate surface area is 111 Å². The predicted molar refractivity (Wildman–Crippen MR) is 71.8 cm³/mol. The molecule has 0 aromatic heterocycles. The Kier molecular flexibility index (Phi) is 4.34. The zero-order chi connectivity index (χ0) is 13.7. The molecule has 0 spiro atoms. The lowest BCUT2D eigenvalue weighted by Crippen LogP contribution is -2.18. The normalized spacial score (nSPS) is 12.2. The zero-order valence-electron chi connectivity index (χ0n) is 10.5. The largest absolute Gasteiger partial charge is 0.497 e. The van der Waals surface area contributed by atoms with Crippen molar-refractivity contribution in [3.63, 3.8) is 0 Å². The topological polar surface area (TPSA) is 21.3 Å². The van der Waals surface area contributed by atoms with Gasteiger partial charge in [-0.25, -0.2) is 8.78 Å². The third kappa shape index (κ3) is 3.44. The summed E-state index contributed by atoms with van der Waals surface area (Å²) in [5.41, 5.74) is 1.20. The molecule has 1 atom stereocenters. The molecule has 0 aliphatic carbocycles. The van der Waals surface area contributed by atoms with Crippen molar-refractivity contribution in [2.24, 2.45) is 0 Å². The molecular weight excluding hydrogens is 248 g/mol. The Bertz CT molecular complexity index is 499. The van der Waals surface area contributed by atoms with Crippen LogP contribution in [-0.2, 0) is 0 Å². The van der Waals surface area contributed by atoms with E-state index in [1.165, 1.54) is 0 Å². The van der Waals surface area contributed by atoms with Gasteiger partial charge in [0, 0.05) is 5.69 Å². The maximum absolute atomic E-state index is 13.1. The van der Waals surface area contributed by atoms with Gasteiger partial charge in [-0.1, -0.05) is 30.3 Å². The van der Waals surface area contributed by atoms with Crippen LogP contribution in [0, 0.1) is 0 Å². The van der Waals surface area contributed by atoms with Crippen LogP contribution in [0.25, 0.3) is 0 Å². The van der Waals surface area contributed by atoms with Gasteiger partial charge in [0.25, 0.3) is 6.43 Å². The van der Waals surface area contributed by atoms with Crippen molar-refractivity contribution in [1.82, 2.24) is 0 Å². The molecule has 2 aromatic rings. The molecule has 0 aliphatic heterocycles. The molecule has 4 heteroatoms. The fourth-order valence-electron chi connectivity index (χ4n) is 1.82. The van der Waals surface area contributed by atoms with Crippen molar-refractivity contribution in [2.45, 2.75) is 12.5 Å². The average molecular weight is 263 g/mol. The van der Waals surface area contributed by atoms with E-state index in [1.54, 1.807) is 61.7 Å². The number of rotatable bonds is 5. The lowest BCUT2D eigenvalue weighted by atomic mass is 10.1. The number of benzene rings is 2. The molecule has 0 radical (unpaired) electrons. The van der Waals surface area contributed by atoms with E-state index in [0.29, 0.717) is 17.0 Å². The molecule has 0 aliphatic rings. The zero-order valence-corrected chi connectivity index (χ0v) is 10.5. The van der Waals surface area contributed by atoms with E-state index in [4.69, 9.17) is 4.74 Å². The minimum absolute atomic E-state index is 0.563. The molecule has 1 N–H and O–H groups in total. The second-order valence-electron chi connectivity index (χ2n) is 4.10. The Hall–Kier alpha value is -2.10. The second kappa shape index (κ2) is 6.18. The summed E-state index contributed by atoms with van der Waals surface area (Å²) in [6.07, 6.45) is -2.48. The van der Waals surface area contributed by atoms with Crippen LogP contribution in [0.3, 0.4) is 0 Å². The monoisotopic (exact) mass is 263 g/mol. The SMILES string of the molecule is COc1ccc(N[C@@H](c2ccccc2)C(F)F)cc1. The first kappa shape index (κ1) is 13.3. The first-order valence-corrected chi connectivity index (χ1v) is 5.94. The highest BCUT2D eigenvalue weighted by Crippen LogP contribution is 2.26. The van der Waals surface area contributed by atoms with Gasteiger partial charge in [0.15, 0.2) is 0 Å². The maximum atomic E-state index is 13.1. The predicted octanol–water partition coefficient (Wildman–Crippen LogP) is 4.11. The maximum Gasteiger partial charge on any atom is 0.262 e. The van der Waals surface area contributed by atoms with Crippen molar-refractivity contribution in [3.8, 4) is 5.75 Å². The third-order valence-electron chi connectivity index (χ3n) is 2.82. The number of methoxy groups -OCH3 is 1. The van der Waals surface area contributed by atoms with Gasteiger partial charge in [0.2, 0.25) is 0 Å². The Morgan fingerprint density at radius 1 is 0.947 bits per heavy atom. The number of alkyl halides is 2. The van der Waals surface area contributed by atoms with Gasteiger partial charge in [0.05, 0.1) is 7.11 Å². The molecule has 0 bridgehead atoms. The van der Waals surface area contributed by atoms with Crippen molar-refractivity contribution >= 4 is 5.69 Å². The van der Waals surface area contributed by atoms with E-state index in [2.05, 4.69) is 5.32 Å². The van der Waals surface area contributed by atoms with E-state index in [1.807, 2.05) is 0 Å². The van der Waals surface area contributed by atoms with E-state index in [0.717, 1.165) is 0 Å². The molecule has 0 unspecified atom stereocenters. The lowest BCUT2D eigenvalue weighted by Gasteiger charge is -2.19. The summed E-state index contributed by atoms with van der Waals surface area (Å²) in [6, 6.07) is 14.6. The van der Waals surface area contributed by atoms with Gasteiger partial charge in [-0.2, -0.15) is 0 Å². The van der Waals surface area contributed by atoms with E-state index in [-0.39, 0.29) is 0 Å². The quantitative estimate of drug-likeness (QED) is 0.876. The van der Waals surface area contributed by atoms with Crippen LogP contribution in [0.2, 0.25) is 0 Å². The fraction of sp³-hybridized carbons (Fsp3) is 0.200.